The SMILES string of the molecule is COc1ccc(F)cc1[C@@H](Cn1c(=O)n(C(C)(C)C(=O)OCc2ccccc2)c(=O)c2c(C)c(-n3nccn3)sc21)OCC=O. The van der Waals surface area contributed by atoms with Gasteiger partial charge in [0, 0.05) is 11.1 Å². The van der Waals surface area contributed by atoms with Crippen LogP contribution in [0.15, 0.2) is 70.5 Å². The lowest BCUT2D eigenvalue weighted by molar-refractivity contribution is -0.154. The molecule has 0 saturated heterocycles. The number of nitrogens with zero attached hydrogens (tertiary/aromatic N) is 5. The molecule has 2 aromatic carbocycles. The summed E-state index contributed by atoms with van der Waals surface area (Å²) in [6.07, 6.45) is 2.40. The number of carbonyl (C=O) groups is 2. The van der Waals surface area contributed by atoms with Gasteiger partial charge in [-0.25, -0.2) is 18.5 Å². The van der Waals surface area contributed by atoms with E-state index < -0.39 is 34.7 Å². The van der Waals surface area contributed by atoms with E-state index >= 15 is 0 Å². The molecule has 3 aromatic heterocycles. The van der Waals surface area contributed by atoms with E-state index in [0.29, 0.717) is 16.9 Å². The molecule has 0 N–H and O–H groups in total. The second kappa shape index (κ2) is 13.0. The number of aromatic nitrogens is 5. The zero-order chi connectivity index (χ0) is 32.3. The summed E-state index contributed by atoms with van der Waals surface area (Å²) in [7, 11) is 1.40. The Balaban J connectivity index is 1.71. The van der Waals surface area contributed by atoms with E-state index in [-0.39, 0.29) is 41.3 Å². The monoisotopic (exact) mass is 635 g/mol. The Hall–Kier alpha value is -4.95. The number of rotatable bonds is 12. The van der Waals surface area contributed by atoms with Crippen molar-refractivity contribution in [1.82, 2.24) is 24.1 Å². The molecule has 5 rings (SSSR count). The van der Waals surface area contributed by atoms with Crippen molar-refractivity contribution in [3.8, 4) is 10.8 Å². The third-order valence-electron chi connectivity index (χ3n) is 7.31. The first-order valence-electron chi connectivity index (χ1n) is 13.8. The third kappa shape index (κ3) is 6.06. The Labute approximate surface area is 260 Å². The summed E-state index contributed by atoms with van der Waals surface area (Å²) in [4.78, 5) is 54.9. The maximum atomic E-state index is 14.4. The molecule has 0 aliphatic rings. The van der Waals surface area contributed by atoms with Gasteiger partial charge in [-0.3, -0.25) is 9.36 Å². The highest BCUT2D eigenvalue weighted by Gasteiger charge is 2.37. The normalized spacial score (nSPS) is 12.3. The van der Waals surface area contributed by atoms with E-state index in [9.17, 15) is 23.6 Å². The molecule has 3 heterocycles. The molecule has 1 atom stereocenters. The topological polar surface area (TPSA) is 137 Å². The van der Waals surface area contributed by atoms with Gasteiger partial charge in [-0.05, 0) is 44.5 Å². The van der Waals surface area contributed by atoms with E-state index in [1.807, 2.05) is 6.07 Å². The van der Waals surface area contributed by atoms with Crippen LogP contribution >= 0.6 is 11.3 Å². The first kappa shape index (κ1) is 31.5. The molecule has 0 aliphatic heterocycles. The molecule has 0 bridgehead atoms. The van der Waals surface area contributed by atoms with E-state index in [2.05, 4.69) is 10.2 Å². The average molecular weight is 636 g/mol. The fourth-order valence-electron chi connectivity index (χ4n) is 5.01. The van der Waals surface area contributed by atoms with E-state index in [4.69, 9.17) is 14.2 Å². The molecular weight excluding hydrogens is 605 g/mol. The zero-order valence-electron chi connectivity index (χ0n) is 24.9. The molecule has 0 fully saturated rings. The Bertz CT molecular complexity index is 1970. The van der Waals surface area contributed by atoms with Crippen LogP contribution < -0.4 is 16.0 Å². The minimum Gasteiger partial charge on any atom is -0.496 e. The van der Waals surface area contributed by atoms with Gasteiger partial charge in [0.1, 0.15) is 52.5 Å². The standard InChI is InChI=1S/C31H30FN5O7S/c1-19-25-26(39)36(31(2,3)29(40)44-18-20-8-6-5-7-9-20)30(41)35(28(25)45-27(19)37-33-12-13-34-37)17-24(43-15-14-38)22-16-21(32)10-11-23(22)42-4/h5-14,16,24H,15,17-18H2,1-4H3/t24-/m1/s1. The molecule has 0 aliphatic carbocycles. The van der Waals surface area contributed by atoms with Gasteiger partial charge < -0.3 is 19.0 Å². The third-order valence-corrected chi connectivity index (χ3v) is 8.59. The number of thiophene rings is 1. The molecule has 234 valence electrons. The number of halogens is 1. The zero-order valence-corrected chi connectivity index (χ0v) is 25.7. The summed E-state index contributed by atoms with van der Waals surface area (Å²) >= 11 is 1.09. The second-order valence-electron chi connectivity index (χ2n) is 10.6. The van der Waals surface area contributed by atoms with E-state index in [1.165, 1.54) is 60.9 Å². The van der Waals surface area contributed by atoms with Crippen LogP contribution in [-0.4, -0.2) is 50.1 Å². The lowest BCUT2D eigenvalue weighted by Gasteiger charge is -2.27. The molecule has 0 saturated carbocycles. The van der Waals surface area contributed by atoms with Crippen molar-refractivity contribution in [2.75, 3.05) is 13.7 Å². The number of fused-ring (bicyclic) bond motifs is 1. The fraction of sp³-hybridized carbons (Fsp3) is 0.290. The van der Waals surface area contributed by atoms with Gasteiger partial charge >= 0.3 is 11.7 Å². The van der Waals surface area contributed by atoms with Crippen LogP contribution in [0.2, 0.25) is 0 Å². The number of hydrogen-bond acceptors (Lipinski definition) is 10. The average Bonchev–Trinajstić information content (AvgIpc) is 3.68. The molecule has 12 nitrogen and oxygen atoms in total. The van der Waals surface area contributed by atoms with Crippen LogP contribution in [-0.2, 0) is 37.8 Å². The van der Waals surface area contributed by atoms with E-state index in [0.717, 1.165) is 21.5 Å². The highest BCUT2D eigenvalue weighted by atomic mass is 32.1. The van der Waals surface area contributed by atoms with Gasteiger partial charge in [0.2, 0.25) is 0 Å². The Morgan fingerprint density at radius 1 is 1.11 bits per heavy atom. The lowest BCUT2D eigenvalue weighted by atomic mass is 10.0. The smallest absolute Gasteiger partial charge is 0.333 e. The molecule has 0 unspecified atom stereocenters. The van der Waals surface area contributed by atoms with Gasteiger partial charge in [0.15, 0.2) is 0 Å². The lowest BCUT2D eigenvalue weighted by Crippen LogP contribution is -2.53. The van der Waals surface area contributed by atoms with E-state index in [1.54, 1.807) is 31.2 Å². The number of benzene rings is 2. The first-order valence-corrected chi connectivity index (χ1v) is 14.7. The number of carbonyl (C=O) groups excluding carboxylic acids is 2. The number of ether oxygens (including phenoxy) is 3. The summed E-state index contributed by atoms with van der Waals surface area (Å²) in [5, 5.41) is 8.98. The van der Waals surface area contributed by atoms with Crippen molar-refractivity contribution in [3.05, 3.63) is 104 Å². The van der Waals surface area contributed by atoms with Gasteiger partial charge in [0.05, 0.1) is 31.4 Å². The summed E-state index contributed by atoms with van der Waals surface area (Å²) in [5.41, 5.74) is -1.88. The molecule has 45 heavy (non-hydrogen) atoms. The minimum absolute atomic E-state index is 0.0676. The Morgan fingerprint density at radius 3 is 2.49 bits per heavy atom. The summed E-state index contributed by atoms with van der Waals surface area (Å²) in [6, 6.07) is 12.8. The summed E-state index contributed by atoms with van der Waals surface area (Å²) in [5.74, 6) is -1.13. The number of aldehydes is 1. The fourth-order valence-corrected chi connectivity index (χ4v) is 6.23. The summed E-state index contributed by atoms with van der Waals surface area (Å²) < 4.78 is 33.4. The van der Waals surface area contributed by atoms with Crippen molar-refractivity contribution in [2.45, 2.75) is 45.6 Å². The van der Waals surface area contributed by atoms with Gasteiger partial charge in [0.25, 0.3) is 5.56 Å². The van der Waals surface area contributed by atoms with Crippen molar-refractivity contribution in [2.24, 2.45) is 0 Å². The predicted octanol–water partition coefficient (Wildman–Crippen LogP) is 3.70. The van der Waals surface area contributed by atoms with Crippen molar-refractivity contribution >= 4 is 33.8 Å². The van der Waals surface area contributed by atoms with Gasteiger partial charge in [-0.2, -0.15) is 10.2 Å². The number of methoxy groups -OCH3 is 1. The van der Waals surface area contributed by atoms with Crippen molar-refractivity contribution in [3.63, 3.8) is 0 Å². The maximum Gasteiger partial charge on any atom is 0.333 e. The molecule has 14 heteroatoms. The molecule has 0 radical (unpaired) electrons. The molecular formula is C31H30FN5O7S. The van der Waals surface area contributed by atoms with Crippen LogP contribution in [0.25, 0.3) is 15.2 Å². The van der Waals surface area contributed by atoms with Crippen LogP contribution in [0.1, 0.15) is 36.6 Å². The molecule has 5 aromatic rings. The van der Waals surface area contributed by atoms with Crippen molar-refractivity contribution < 1.29 is 28.2 Å². The van der Waals surface area contributed by atoms with Crippen LogP contribution in [0.3, 0.4) is 0 Å². The second-order valence-corrected chi connectivity index (χ2v) is 11.5. The molecule has 0 spiro atoms. The largest absolute Gasteiger partial charge is 0.496 e. The Kier molecular flexibility index (Phi) is 9.06. The highest BCUT2D eigenvalue weighted by molar-refractivity contribution is 7.21. The van der Waals surface area contributed by atoms with Gasteiger partial charge in [-0.1, -0.05) is 41.7 Å². The minimum atomic E-state index is -1.76. The molecule has 0 amide bonds. The van der Waals surface area contributed by atoms with Gasteiger partial charge in [-0.15, -0.1) is 4.80 Å². The van der Waals surface area contributed by atoms with Crippen LogP contribution in [0.5, 0.6) is 5.75 Å². The van der Waals surface area contributed by atoms with Crippen LogP contribution in [0, 0.1) is 12.7 Å². The quantitative estimate of drug-likeness (QED) is 0.148. The Morgan fingerprint density at radius 2 is 1.82 bits per heavy atom. The number of esters is 1. The number of aryl methyl sites for hydroxylation is 1. The first-order chi connectivity index (χ1) is 21.6. The number of hydrogen-bond donors (Lipinski definition) is 0. The highest BCUT2D eigenvalue weighted by Crippen LogP contribution is 2.34. The summed E-state index contributed by atoms with van der Waals surface area (Å²) in [6.45, 7) is 3.83. The van der Waals surface area contributed by atoms with Crippen LogP contribution in [0.4, 0.5) is 4.39 Å². The van der Waals surface area contributed by atoms with Crippen molar-refractivity contribution in [1.29, 1.82) is 0 Å². The predicted molar refractivity (Wildman–Crippen MR) is 163 cm³/mol. The maximum absolute atomic E-state index is 14.4.